The second-order valence-electron chi connectivity index (χ2n) is 9.62. The van der Waals surface area contributed by atoms with Gasteiger partial charge >= 0.3 is 5.97 Å². The molecule has 0 aromatic heterocycles. The molecule has 2 spiro atoms. The molecule has 2 saturated heterocycles. The van der Waals surface area contributed by atoms with E-state index < -0.39 is 11.7 Å². The molecule has 25 heavy (non-hydrogen) atoms. The molecule has 3 heterocycles. The fraction of sp³-hybridized carbons (Fsp3) is 0.850. The lowest BCUT2D eigenvalue weighted by Crippen LogP contribution is -2.66. The van der Waals surface area contributed by atoms with Crippen molar-refractivity contribution in [2.24, 2.45) is 23.2 Å². The maximum absolute atomic E-state index is 12.0. The number of aliphatic hydroxyl groups excluding tert-OH is 1. The van der Waals surface area contributed by atoms with Crippen molar-refractivity contribution in [3.63, 3.8) is 0 Å². The summed E-state index contributed by atoms with van der Waals surface area (Å²) in [5, 5.41) is 11.3. The van der Waals surface area contributed by atoms with Gasteiger partial charge < -0.3 is 19.3 Å². The molecule has 8 atom stereocenters. The quantitative estimate of drug-likeness (QED) is 0.581. The van der Waals surface area contributed by atoms with Crippen molar-refractivity contribution in [2.75, 3.05) is 6.61 Å². The number of esters is 1. The Morgan fingerprint density at radius 1 is 1.20 bits per heavy atom. The van der Waals surface area contributed by atoms with Gasteiger partial charge in [-0.15, -0.1) is 0 Å². The summed E-state index contributed by atoms with van der Waals surface area (Å²) in [6.45, 7) is 7.12. The number of carbonyl (C=O) groups is 1. The van der Waals surface area contributed by atoms with Gasteiger partial charge in [-0.25, -0.2) is 4.79 Å². The summed E-state index contributed by atoms with van der Waals surface area (Å²) in [5.74, 6) is 0.806. The topological polar surface area (TPSA) is 71.6 Å². The zero-order chi connectivity index (χ0) is 17.4. The third-order valence-electron chi connectivity index (χ3n) is 8.63. The lowest BCUT2D eigenvalue weighted by Gasteiger charge is -2.54. The van der Waals surface area contributed by atoms with Crippen molar-refractivity contribution in [1.82, 2.24) is 0 Å². The number of ether oxygens (including phenoxy) is 3. The zero-order valence-corrected chi connectivity index (χ0v) is 15.1. The van der Waals surface area contributed by atoms with E-state index in [2.05, 4.69) is 20.8 Å². The number of carbonyl (C=O) groups excluding carboxylic acids is 1. The van der Waals surface area contributed by atoms with Crippen LogP contribution in [0.4, 0.5) is 0 Å². The molecule has 6 aliphatic rings. The van der Waals surface area contributed by atoms with Gasteiger partial charge in [0, 0.05) is 11.0 Å². The second-order valence-corrected chi connectivity index (χ2v) is 9.62. The van der Waals surface area contributed by atoms with E-state index in [1.807, 2.05) is 0 Å². The van der Waals surface area contributed by atoms with Crippen LogP contribution in [0.3, 0.4) is 0 Å². The van der Waals surface area contributed by atoms with E-state index in [-0.39, 0.29) is 41.0 Å². The Morgan fingerprint density at radius 2 is 2.00 bits per heavy atom. The van der Waals surface area contributed by atoms with Gasteiger partial charge in [0.05, 0.1) is 18.3 Å². The van der Waals surface area contributed by atoms with Crippen LogP contribution in [0.5, 0.6) is 0 Å². The van der Waals surface area contributed by atoms with E-state index in [1.165, 1.54) is 5.57 Å². The van der Waals surface area contributed by atoms with Crippen molar-refractivity contribution in [2.45, 2.75) is 76.0 Å². The van der Waals surface area contributed by atoms with E-state index in [9.17, 15) is 9.90 Å². The molecule has 5 heteroatoms. The molecule has 1 N–H and O–H groups in total. The molecule has 2 saturated carbocycles. The maximum Gasteiger partial charge on any atom is 0.334 e. The molecular formula is C20H26O5. The van der Waals surface area contributed by atoms with E-state index >= 15 is 0 Å². The summed E-state index contributed by atoms with van der Waals surface area (Å²) in [6.07, 6.45) is 3.26. The second kappa shape index (κ2) is 4.15. The van der Waals surface area contributed by atoms with Crippen LogP contribution in [0.2, 0.25) is 0 Å². The average molecular weight is 346 g/mol. The summed E-state index contributed by atoms with van der Waals surface area (Å²) in [7, 11) is 0. The molecule has 0 aromatic carbocycles. The van der Waals surface area contributed by atoms with E-state index in [0.717, 1.165) is 31.3 Å². The third kappa shape index (κ3) is 1.39. The number of cyclic esters (lactones) is 1. The Morgan fingerprint density at radius 3 is 2.76 bits per heavy atom. The van der Waals surface area contributed by atoms with Crippen LogP contribution in [0.15, 0.2) is 11.1 Å². The van der Waals surface area contributed by atoms with E-state index in [1.54, 1.807) is 0 Å². The molecule has 4 fully saturated rings. The summed E-state index contributed by atoms with van der Waals surface area (Å²) in [4.78, 5) is 12.0. The minimum Gasteiger partial charge on any atom is -0.458 e. The van der Waals surface area contributed by atoms with Crippen LogP contribution >= 0.6 is 0 Å². The summed E-state index contributed by atoms with van der Waals surface area (Å²) in [6, 6.07) is 0. The molecule has 2 unspecified atom stereocenters. The number of hydrogen-bond donors (Lipinski definition) is 1. The minimum absolute atomic E-state index is 0.0506. The first-order chi connectivity index (χ1) is 11.9. The highest BCUT2D eigenvalue weighted by Gasteiger charge is 2.92. The van der Waals surface area contributed by atoms with Crippen LogP contribution in [0.25, 0.3) is 0 Å². The molecule has 3 aliphatic heterocycles. The molecule has 6 rings (SSSR count). The Labute approximate surface area is 147 Å². The molecule has 136 valence electrons. The largest absolute Gasteiger partial charge is 0.458 e. The van der Waals surface area contributed by atoms with Crippen LogP contribution in [-0.4, -0.2) is 47.2 Å². The summed E-state index contributed by atoms with van der Waals surface area (Å²) < 4.78 is 18.1. The first kappa shape index (κ1) is 15.2. The average Bonchev–Trinajstić information content (AvgIpc) is 3.44. The fourth-order valence-corrected chi connectivity index (χ4v) is 7.29. The van der Waals surface area contributed by atoms with Gasteiger partial charge in [0.1, 0.15) is 12.2 Å². The molecule has 0 radical (unpaired) electrons. The monoisotopic (exact) mass is 346 g/mol. The first-order valence-electron chi connectivity index (χ1n) is 9.79. The van der Waals surface area contributed by atoms with Crippen molar-refractivity contribution in [3.8, 4) is 0 Å². The number of fused-ring (bicyclic) bond motifs is 2. The predicted molar refractivity (Wildman–Crippen MR) is 87.6 cm³/mol. The van der Waals surface area contributed by atoms with Gasteiger partial charge in [-0.05, 0) is 49.0 Å². The molecule has 3 aliphatic carbocycles. The Bertz CT molecular complexity index is 728. The van der Waals surface area contributed by atoms with Gasteiger partial charge in [-0.2, -0.15) is 0 Å². The minimum atomic E-state index is -0.516. The number of epoxide rings is 2. The third-order valence-corrected chi connectivity index (χ3v) is 8.63. The smallest absolute Gasteiger partial charge is 0.334 e. The van der Waals surface area contributed by atoms with Gasteiger partial charge in [0.15, 0.2) is 5.60 Å². The zero-order valence-electron chi connectivity index (χ0n) is 15.1. The normalized spacial score (nSPS) is 58.0. The van der Waals surface area contributed by atoms with Crippen LogP contribution in [-0.2, 0) is 19.0 Å². The standard InChI is InChI=1S/C20H26O5/c1-9(2)11-6-15-20(25-15)18(3)5-4-10-12(8-23-17(10)22)13(18)7-14-19(20,24-14)16(11)21/h9,11,13-16,21H,4-8H2,1-3H3/t11?,13?,14-,15-,16+,18-,19+,20+/m0/s1. The van der Waals surface area contributed by atoms with Gasteiger partial charge in [0.2, 0.25) is 0 Å². The van der Waals surface area contributed by atoms with Crippen molar-refractivity contribution < 1.29 is 24.1 Å². The van der Waals surface area contributed by atoms with Crippen LogP contribution in [0, 0.1) is 23.2 Å². The van der Waals surface area contributed by atoms with E-state index in [4.69, 9.17) is 14.2 Å². The van der Waals surface area contributed by atoms with Crippen molar-refractivity contribution >= 4 is 5.97 Å². The number of hydrogen-bond acceptors (Lipinski definition) is 5. The van der Waals surface area contributed by atoms with Crippen molar-refractivity contribution in [1.29, 1.82) is 0 Å². The molecule has 0 aromatic rings. The summed E-state index contributed by atoms with van der Waals surface area (Å²) in [5.41, 5.74) is 1.12. The molecule has 5 nitrogen and oxygen atoms in total. The summed E-state index contributed by atoms with van der Waals surface area (Å²) >= 11 is 0. The first-order valence-corrected chi connectivity index (χ1v) is 9.79. The Kier molecular flexibility index (Phi) is 2.52. The predicted octanol–water partition coefficient (Wildman–Crippen LogP) is 1.97. The lowest BCUT2D eigenvalue weighted by atomic mass is 9.46. The molecular weight excluding hydrogens is 320 g/mol. The number of rotatable bonds is 1. The lowest BCUT2D eigenvalue weighted by molar-refractivity contribution is -0.136. The van der Waals surface area contributed by atoms with Crippen LogP contribution < -0.4 is 0 Å². The molecule has 0 bridgehead atoms. The maximum atomic E-state index is 12.0. The SMILES string of the molecule is CC(C)C1C[C@@H]2O[C@]23[C@]2(O[C@H]2CC2C4=C(CC[C@@]23C)C(=O)OC4)[C@@H]1O. The Hall–Kier alpha value is -0.910. The van der Waals surface area contributed by atoms with Gasteiger partial charge in [-0.1, -0.05) is 20.8 Å². The fourth-order valence-electron chi connectivity index (χ4n) is 7.29. The number of aliphatic hydroxyl groups is 1. The van der Waals surface area contributed by atoms with Crippen molar-refractivity contribution in [3.05, 3.63) is 11.1 Å². The molecule has 0 amide bonds. The van der Waals surface area contributed by atoms with Gasteiger partial charge in [-0.3, -0.25) is 0 Å². The highest BCUT2D eigenvalue weighted by Crippen LogP contribution is 2.79. The van der Waals surface area contributed by atoms with Crippen LogP contribution in [0.1, 0.15) is 46.5 Å². The highest BCUT2D eigenvalue weighted by molar-refractivity contribution is 5.92. The highest BCUT2D eigenvalue weighted by atomic mass is 16.7. The van der Waals surface area contributed by atoms with E-state index in [0.29, 0.717) is 12.5 Å². The Balaban J connectivity index is 1.46. The van der Waals surface area contributed by atoms with Gasteiger partial charge in [0.25, 0.3) is 0 Å².